The van der Waals surface area contributed by atoms with Crippen LogP contribution in [0, 0.1) is 0 Å². The molecule has 132 valence electrons. The Morgan fingerprint density at radius 2 is 1.96 bits per heavy atom. The van der Waals surface area contributed by atoms with Gasteiger partial charge in [0.25, 0.3) is 5.91 Å². The number of nitrogens with zero attached hydrogens (tertiary/aromatic N) is 3. The highest BCUT2D eigenvalue weighted by Gasteiger charge is 2.22. The number of rotatable bonds is 5. The third-order valence-corrected chi connectivity index (χ3v) is 4.47. The van der Waals surface area contributed by atoms with E-state index in [1.807, 2.05) is 35.2 Å². The van der Waals surface area contributed by atoms with Gasteiger partial charge in [0.05, 0.1) is 12.8 Å². The number of nitrogens with one attached hydrogen (secondary N) is 1. The number of pyridine rings is 1. The van der Waals surface area contributed by atoms with Gasteiger partial charge in [-0.1, -0.05) is 19.1 Å². The van der Waals surface area contributed by atoms with Crippen molar-refractivity contribution in [1.82, 2.24) is 14.8 Å². The van der Waals surface area contributed by atoms with Crippen LogP contribution in [0.1, 0.15) is 17.4 Å². The summed E-state index contributed by atoms with van der Waals surface area (Å²) < 4.78 is 5.35. The van der Waals surface area contributed by atoms with E-state index in [9.17, 15) is 4.79 Å². The van der Waals surface area contributed by atoms with E-state index >= 15 is 0 Å². The lowest BCUT2D eigenvalue weighted by atomic mass is 10.2. The lowest BCUT2D eigenvalue weighted by molar-refractivity contribution is 0.0637. The zero-order valence-corrected chi connectivity index (χ0v) is 14.7. The molecule has 3 rings (SSSR count). The molecule has 0 radical (unpaired) electrons. The summed E-state index contributed by atoms with van der Waals surface area (Å²) in [6.07, 6.45) is 1.66. The first-order valence-electron chi connectivity index (χ1n) is 8.59. The Hall–Kier alpha value is -2.60. The molecule has 0 saturated carbocycles. The second-order valence-electron chi connectivity index (χ2n) is 5.98. The van der Waals surface area contributed by atoms with Crippen molar-refractivity contribution < 1.29 is 9.53 Å². The van der Waals surface area contributed by atoms with Crippen molar-refractivity contribution in [2.75, 3.05) is 45.2 Å². The predicted octanol–water partition coefficient (Wildman–Crippen LogP) is 2.61. The molecule has 1 amide bonds. The standard InChI is InChI=1S/C19H24N4O2/c1-3-22-10-12-23(13-11-22)19(24)17-14-15(8-9-20-17)21-16-6-4-5-7-18(16)25-2/h4-9,14H,3,10-13H2,1-2H3,(H,20,21). The number of para-hydroxylation sites is 2. The molecule has 2 aromatic rings. The minimum absolute atomic E-state index is 0.0144. The SMILES string of the molecule is CCN1CCN(C(=O)c2cc(Nc3ccccc3OC)ccn2)CC1. The van der Waals surface area contributed by atoms with Crippen molar-refractivity contribution in [1.29, 1.82) is 0 Å². The molecular weight excluding hydrogens is 316 g/mol. The molecule has 1 aromatic carbocycles. The number of likely N-dealkylation sites (N-methyl/N-ethyl adjacent to an activating group) is 1. The molecular formula is C19H24N4O2. The number of benzene rings is 1. The average molecular weight is 340 g/mol. The number of piperazine rings is 1. The number of amides is 1. The molecule has 0 atom stereocenters. The number of carbonyl (C=O) groups is 1. The van der Waals surface area contributed by atoms with Gasteiger partial charge in [-0.3, -0.25) is 9.78 Å². The van der Waals surface area contributed by atoms with Crippen LogP contribution in [0.5, 0.6) is 5.75 Å². The van der Waals surface area contributed by atoms with Crippen molar-refractivity contribution >= 4 is 17.3 Å². The Kier molecular flexibility index (Phi) is 5.50. The van der Waals surface area contributed by atoms with Crippen molar-refractivity contribution in [2.24, 2.45) is 0 Å². The minimum Gasteiger partial charge on any atom is -0.495 e. The van der Waals surface area contributed by atoms with Crippen LogP contribution in [0.25, 0.3) is 0 Å². The lowest BCUT2D eigenvalue weighted by Crippen LogP contribution is -2.48. The van der Waals surface area contributed by atoms with Gasteiger partial charge in [-0.05, 0) is 30.8 Å². The summed E-state index contributed by atoms with van der Waals surface area (Å²) in [4.78, 5) is 21.2. The lowest BCUT2D eigenvalue weighted by Gasteiger charge is -2.33. The molecule has 2 heterocycles. The number of ether oxygens (including phenoxy) is 1. The predicted molar refractivity (Wildman–Crippen MR) is 98.5 cm³/mol. The molecule has 0 bridgehead atoms. The largest absolute Gasteiger partial charge is 0.495 e. The number of hydrogen-bond acceptors (Lipinski definition) is 5. The maximum atomic E-state index is 12.7. The van der Waals surface area contributed by atoms with Crippen molar-refractivity contribution in [3.63, 3.8) is 0 Å². The quantitative estimate of drug-likeness (QED) is 0.907. The van der Waals surface area contributed by atoms with Crippen LogP contribution in [-0.4, -0.2) is 60.5 Å². The van der Waals surface area contributed by atoms with Gasteiger partial charge in [0.15, 0.2) is 0 Å². The maximum Gasteiger partial charge on any atom is 0.272 e. The van der Waals surface area contributed by atoms with Crippen molar-refractivity contribution in [2.45, 2.75) is 6.92 Å². The monoisotopic (exact) mass is 340 g/mol. The van der Waals surface area contributed by atoms with E-state index in [1.165, 1.54) is 0 Å². The molecule has 1 aromatic heterocycles. The zero-order chi connectivity index (χ0) is 17.6. The highest BCUT2D eigenvalue weighted by Crippen LogP contribution is 2.27. The summed E-state index contributed by atoms with van der Waals surface area (Å²) in [6.45, 7) is 6.50. The van der Waals surface area contributed by atoms with Gasteiger partial charge in [-0.25, -0.2) is 0 Å². The summed E-state index contributed by atoms with van der Waals surface area (Å²) >= 11 is 0. The molecule has 1 saturated heterocycles. The highest BCUT2D eigenvalue weighted by atomic mass is 16.5. The Balaban J connectivity index is 1.72. The number of hydrogen-bond donors (Lipinski definition) is 1. The molecule has 6 heteroatoms. The molecule has 0 unspecified atom stereocenters. The normalized spacial score (nSPS) is 15.0. The molecule has 6 nitrogen and oxygen atoms in total. The molecule has 1 aliphatic rings. The fourth-order valence-corrected chi connectivity index (χ4v) is 2.96. The third-order valence-electron chi connectivity index (χ3n) is 4.47. The average Bonchev–Trinajstić information content (AvgIpc) is 2.68. The van der Waals surface area contributed by atoms with Crippen LogP contribution < -0.4 is 10.1 Å². The fourth-order valence-electron chi connectivity index (χ4n) is 2.96. The van der Waals surface area contributed by atoms with Gasteiger partial charge in [-0.2, -0.15) is 0 Å². The van der Waals surface area contributed by atoms with Crippen LogP contribution in [0.3, 0.4) is 0 Å². The third kappa shape index (κ3) is 4.09. The summed E-state index contributed by atoms with van der Waals surface area (Å²) in [7, 11) is 1.64. The molecule has 0 spiro atoms. The Morgan fingerprint density at radius 3 is 2.68 bits per heavy atom. The topological polar surface area (TPSA) is 57.7 Å². The van der Waals surface area contributed by atoms with E-state index in [1.54, 1.807) is 19.4 Å². The van der Waals surface area contributed by atoms with Gasteiger partial charge < -0.3 is 19.9 Å². The minimum atomic E-state index is -0.0144. The molecule has 25 heavy (non-hydrogen) atoms. The maximum absolute atomic E-state index is 12.7. The van der Waals surface area contributed by atoms with Crippen molar-refractivity contribution in [3.05, 3.63) is 48.3 Å². The van der Waals surface area contributed by atoms with Gasteiger partial charge in [0.1, 0.15) is 11.4 Å². The van der Waals surface area contributed by atoms with E-state index in [-0.39, 0.29) is 5.91 Å². The fraction of sp³-hybridized carbons (Fsp3) is 0.368. The van der Waals surface area contributed by atoms with E-state index in [2.05, 4.69) is 22.1 Å². The van der Waals surface area contributed by atoms with E-state index in [0.717, 1.165) is 49.8 Å². The van der Waals surface area contributed by atoms with Crippen LogP contribution in [0.15, 0.2) is 42.6 Å². The molecule has 1 aliphatic heterocycles. The Labute approximate surface area is 148 Å². The summed E-state index contributed by atoms with van der Waals surface area (Å²) in [5.41, 5.74) is 2.13. The second-order valence-corrected chi connectivity index (χ2v) is 5.98. The van der Waals surface area contributed by atoms with Gasteiger partial charge in [0.2, 0.25) is 0 Å². The zero-order valence-electron chi connectivity index (χ0n) is 14.7. The number of methoxy groups -OCH3 is 1. The first kappa shape index (κ1) is 17.2. The molecule has 1 N–H and O–H groups in total. The van der Waals surface area contributed by atoms with E-state index in [4.69, 9.17) is 4.74 Å². The first-order valence-corrected chi connectivity index (χ1v) is 8.59. The highest BCUT2D eigenvalue weighted by molar-refractivity contribution is 5.93. The van der Waals surface area contributed by atoms with Gasteiger partial charge in [-0.15, -0.1) is 0 Å². The van der Waals surface area contributed by atoms with E-state index < -0.39 is 0 Å². The van der Waals surface area contributed by atoms with Crippen LogP contribution >= 0.6 is 0 Å². The Morgan fingerprint density at radius 1 is 1.20 bits per heavy atom. The summed E-state index contributed by atoms with van der Waals surface area (Å²) in [6, 6.07) is 11.3. The first-order chi connectivity index (χ1) is 12.2. The number of anilines is 2. The van der Waals surface area contributed by atoms with Gasteiger partial charge in [0, 0.05) is 38.1 Å². The summed E-state index contributed by atoms with van der Waals surface area (Å²) in [5.74, 6) is 0.738. The number of aromatic nitrogens is 1. The molecule has 0 aliphatic carbocycles. The van der Waals surface area contributed by atoms with Crippen molar-refractivity contribution in [3.8, 4) is 5.75 Å². The Bertz CT molecular complexity index is 727. The van der Waals surface area contributed by atoms with Gasteiger partial charge >= 0.3 is 0 Å². The van der Waals surface area contributed by atoms with Crippen LogP contribution in [-0.2, 0) is 0 Å². The second kappa shape index (κ2) is 7.98. The smallest absolute Gasteiger partial charge is 0.272 e. The molecule has 1 fully saturated rings. The van der Waals surface area contributed by atoms with Crippen LogP contribution in [0.4, 0.5) is 11.4 Å². The van der Waals surface area contributed by atoms with Crippen LogP contribution in [0.2, 0.25) is 0 Å². The number of carbonyl (C=O) groups excluding carboxylic acids is 1. The summed E-state index contributed by atoms with van der Waals surface area (Å²) in [5, 5.41) is 3.29. The van der Waals surface area contributed by atoms with E-state index in [0.29, 0.717) is 5.69 Å².